The van der Waals surface area contributed by atoms with Crippen molar-refractivity contribution in [1.82, 2.24) is 9.78 Å². The molecule has 1 aromatic rings. The van der Waals surface area contributed by atoms with Gasteiger partial charge in [-0.2, -0.15) is 16.9 Å². The van der Waals surface area contributed by atoms with Gasteiger partial charge in [0.2, 0.25) is 0 Å². The van der Waals surface area contributed by atoms with E-state index >= 15 is 0 Å². The van der Waals surface area contributed by atoms with Crippen molar-refractivity contribution >= 4 is 29.3 Å². The summed E-state index contributed by atoms with van der Waals surface area (Å²) < 4.78 is 1.71. The third-order valence-corrected chi connectivity index (χ3v) is 3.68. The fourth-order valence-electron chi connectivity index (χ4n) is 1.19. The largest absolute Gasteiger partial charge is 0.480 e. The second-order valence-corrected chi connectivity index (χ2v) is 4.84. The van der Waals surface area contributed by atoms with Crippen molar-refractivity contribution in [3.63, 3.8) is 0 Å². The molecule has 0 saturated carbocycles. The molecule has 0 aliphatic rings. The van der Waals surface area contributed by atoms with E-state index in [4.69, 9.17) is 22.4 Å². The molecule has 0 aliphatic heterocycles. The first kappa shape index (κ1) is 13.3. The summed E-state index contributed by atoms with van der Waals surface area (Å²) in [7, 11) is 1.81. The zero-order valence-corrected chi connectivity index (χ0v) is 10.7. The number of carbonyl (C=O) groups is 1. The SMILES string of the molecule is Cc1nn(C)c(CSC[C@@H](N)C(=O)O)c1Cl. The van der Waals surface area contributed by atoms with E-state index in [0.717, 1.165) is 11.4 Å². The number of aryl methyl sites for hydroxylation is 2. The number of hydrogen-bond donors (Lipinski definition) is 2. The zero-order valence-electron chi connectivity index (χ0n) is 9.11. The molecule has 0 amide bonds. The van der Waals surface area contributed by atoms with E-state index in [9.17, 15) is 4.79 Å². The molecule has 16 heavy (non-hydrogen) atoms. The molecule has 5 nitrogen and oxygen atoms in total. The van der Waals surface area contributed by atoms with E-state index in [-0.39, 0.29) is 0 Å². The van der Waals surface area contributed by atoms with Crippen LogP contribution < -0.4 is 5.73 Å². The van der Waals surface area contributed by atoms with Crippen LogP contribution in [0.2, 0.25) is 5.02 Å². The van der Waals surface area contributed by atoms with E-state index < -0.39 is 12.0 Å². The number of hydrogen-bond acceptors (Lipinski definition) is 4. The molecule has 1 aromatic heterocycles. The Hall–Kier alpha value is -0.720. The predicted octanol–water partition coefficient (Wildman–Crippen LogP) is 1.03. The van der Waals surface area contributed by atoms with Crippen LogP contribution in [-0.2, 0) is 17.6 Å². The minimum Gasteiger partial charge on any atom is -0.480 e. The molecule has 1 rings (SSSR count). The minimum atomic E-state index is -0.986. The lowest BCUT2D eigenvalue weighted by Gasteiger charge is -2.06. The first-order chi connectivity index (χ1) is 7.43. The molecule has 0 aromatic carbocycles. The Morgan fingerprint density at radius 1 is 1.75 bits per heavy atom. The molecular weight excluding hydrogens is 250 g/mol. The molecule has 0 spiro atoms. The van der Waals surface area contributed by atoms with Gasteiger partial charge in [0.05, 0.1) is 16.4 Å². The number of carboxylic acids is 1. The van der Waals surface area contributed by atoms with Crippen molar-refractivity contribution in [3.05, 3.63) is 16.4 Å². The second kappa shape index (κ2) is 5.56. The van der Waals surface area contributed by atoms with E-state index in [1.165, 1.54) is 11.8 Å². The highest BCUT2D eigenvalue weighted by Crippen LogP contribution is 2.23. The van der Waals surface area contributed by atoms with Crippen LogP contribution in [0.5, 0.6) is 0 Å². The van der Waals surface area contributed by atoms with Gasteiger partial charge in [-0.05, 0) is 6.92 Å². The lowest BCUT2D eigenvalue weighted by atomic mass is 10.4. The monoisotopic (exact) mass is 263 g/mol. The Kier molecular flexibility index (Phi) is 4.64. The average molecular weight is 264 g/mol. The summed E-state index contributed by atoms with van der Waals surface area (Å²) >= 11 is 7.48. The van der Waals surface area contributed by atoms with Crippen LogP contribution in [-0.4, -0.2) is 32.7 Å². The molecule has 90 valence electrons. The summed E-state index contributed by atoms with van der Waals surface area (Å²) in [4.78, 5) is 10.5. The Balaban J connectivity index is 2.52. The lowest BCUT2D eigenvalue weighted by Crippen LogP contribution is -2.32. The van der Waals surface area contributed by atoms with Crippen molar-refractivity contribution in [2.75, 3.05) is 5.75 Å². The fraction of sp³-hybridized carbons (Fsp3) is 0.556. The summed E-state index contributed by atoms with van der Waals surface area (Å²) in [5.41, 5.74) is 7.06. The third-order valence-electron chi connectivity index (χ3n) is 2.12. The standard InChI is InChI=1S/C9H14ClN3O2S/c1-5-8(10)7(13(2)12-5)4-16-3-6(11)9(14)15/h6H,3-4,11H2,1-2H3,(H,14,15)/t6-/m1/s1. The van der Waals surface area contributed by atoms with Gasteiger partial charge in [-0.3, -0.25) is 9.48 Å². The number of thioether (sulfide) groups is 1. The Morgan fingerprint density at radius 3 is 2.81 bits per heavy atom. The van der Waals surface area contributed by atoms with Crippen molar-refractivity contribution in [1.29, 1.82) is 0 Å². The first-order valence-electron chi connectivity index (χ1n) is 4.67. The maximum atomic E-state index is 10.5. The van der Waals surface area contributed by atoms with Crippen molar-refractivity contribution in [3.8, 4) is 0 Å². The van der Waals surface area contributed by atoms with Crippen LogP contribution in [0.1, 0.15) is 11.4 Å². The molecule has 0 unspecified atom stereocenters. The summed E-state index contributed by atoms with van der Waals surface area (Å²) in [6.07, 6.45) is 0. The van der Waals surface area contributed by atoms with E-state index in [2.05, 4.69) is 5.10 Å². The maximum Gasteiger partial charge on any atom is 0.321 e. The number of halogens is 1. The van der Waals surface area contributed by atoms with Crippen molar-refractivity contribution in [2.24, 2.45) is 12.8 Å². The topological polar surface area (TPSA) is 81.1 Å². The molecular formula is C9H14ClN3O2S. The summed E-state index contributed by atoms with van der Waals surface area (Å²) in [6.45, 7) is 1.83. The maximum absolute atomic E-state index is 10.5. The van der Waals surface area contributed by atoms with Crippen LogP contribution in [0.4, 0.5) is 0 Å². The van der Waals surface area contributed by atoms with Gasteiger partial charge in [0.25, 0.3) is 0 Å². The summed E-state index contributed by atoms with van der Waals surface area (Å²) in [6, 6.07) is -0.835. The predicted molar refractivity (Wildman–Crippen MR) is 64.7 cm³/mol. The first-order valence-corrected chi connectivity index (χ1v) is 6.20. The second-order valence-electron chi connectivity index (χ2n) is 3.43. The van der Waals surface area contributed by atoms with Crippen molar-refractivity contribution < 1.29 is 9.90 Å². The highest BCUT2D eigenvalue weighted by atomic mass is 35.5. The molecule has 0 aliphatic carbocycles. The Bertz CT molecular complexity index is 394. The van der Waals surface area contributed by atoms with Gasteiger partial charge in [0.15, 0.2) is 0 Å². The highest BCUT2D eigenvalue weighted by molar-refractivity contribution is 7.98. The zero-order chi connectivity index (χ0) is 12.3. The van der Waals surface area contributed by atoms with Crippen LogP contribution >= 0.6 is 23.4 Å². The third kappa shape index (κ3) is 3.13. The average Bonchev–Trinajstić information content (AvgIpc) is 2.44. The van der Waals surface area contributed by atoms with Crippen LogP contribution in [0.25, 0.3) is 0 Å². The molecule has 1 atom stereocenters. The normalized spacial score (nSPS) is 12.8. The number of nitrogens with two attached hydrogens (primary N) is 1. The number of nitrogens with zero attached hydrogens (tertiary/aromatic N) is 2. The number of carboxylic acid groups (broad SMARTS) is 1. The molecule has 0 radical (unpaired) electrons. The lowest BCUT2D eigenvalue weighted by molar-refractivity contribution is -0.137. The molecule has 0 saturated heterocycles. The van der Waals surface area contributed by atoms with E-state index in [0.29, 0.717) is 16.5 Å². The molecule has 0 fully saturated rings. The summed E-state index contributed by atoms with van der Waals surface area (Å²) in [5.74, 6) is -0.0210. The van der Waals surface area contributed by atoms with Gasteiger partial charge >= 0.3 is 5.97 Å². The Labute approximate surface area is 103 Å². The van der Waals surface area contributed by atoms with Gasteiger partial charge in [-0.15, -0.1) is 0 Å². The quantitative estimate of drug-likeness (QED) is 0.829. The summed E-state index contributed by atoms with van der Waals surface area (Å²) in [5, 5.41) is 13.4. The van der Waals surface area contributed by atoms with Gasteiger partial charge in [-0.1, -0.05) is 11.6 Å². The van der Waals surface area contributed by atoms with Crippen LogP contribution in [0.3, 0.4) is 0 Å². The molecule has 1 heterocycles. The van der Waals surface area contributed by atoms with E-state index in [1.54, 1.807) is 4.68 Å². The van der Waals surface area contributed by atoms with Gasteiger partial charge in [0, 0.05) is 18.6 Å². The fourth-order valence-corrected chi connectivity index (χ4v) is 2.54. The number of aromatic nitrogens is 2. The molecule has 7 heteroatoms. The van der Waals surface area contributed by atoms with Gasteiger partial charge in [-0.25, -0.2) is 0 Å². The Morgan fingerprint density at radius 2 is 2.38 bits per heavy atom. The smallest absolute Gasteiger partial charge is 0.321 e. The highest BCUT2D eigenvalue weighted by Gasteiger charge is 2.14. The van der Waals surface area contributed by atoms with Crippen LogP contribution in [0.15, 0.2) is 0 Å². The number of rotatable bonds is 5. The van der Waals surface area contributed by atoms with Gasteiger partial charge in [0.1, 0.15) is 6.04 Å². The molecule has 3 N–H and O–H groups in total. The van der Waals surface area contributed by atoms with Crippen LogP contribution in [0, 0.1) is 6.92 Å². The molecule has 0 bridgehead atoms. The van der Waals surface area contributed by atoms with Gasteiger partial charge < -0.3 is 10.8 Å². The number of aliphatic carboxylic acids is 1. The minimum absolute atomic E-state index is 0.357. The van der Waals surface area contributed by atoms with Crippen molar-refractivity contribution in [2.45, 2.75) is 18.7 Å². The van der Waals surface area contributed by atoms with E-state index in [1.807, 2.05) is 14.0 Å².